The van der Waals surface area contributed by atoms with Crippen LogP contribution in [0, 0.1) is 10.8 Å². The van der Waals surface area contributed by atoms with E-state index in [1.807, 2.05) is 12.3 Å². The predicted octanol–water partition coefficient (Wildman–Crippen LogP) is 1.95. The Bertz CT molecular complexity index is 631. The third-order valence-corrected chi connectivity index (χ3v) is 4.85. The lowest BCUT2D eigenvalue weighted by Crippen LogP contribution is -2.16. The quantitative estimate of drug-likeness (QED) is 0.894. The van der Waals surface area contributed by atoms with Gasteiger partial charge in [0, 0.05) is 25.5 Å². The summed E-state index contributed by atoms with van der Waals surface area (Å²) in [4.78, 5) is 13.2. The molecule has 0 amide bonds. The highest BCUT2D eigenvalue weighted by atomic mass is 15.4. The Morgan fingerprint density at radius 3 is 2.24 bits per heavy atom. The normalized spacial score (nSPS) is 19.3. The molecule has 1 aliphatic rings. The maximum Gasteiger partial charge on any atom is 0.257 e. The van der Waals surface area contributed by atoms with Crippen LogP contribution in [0.15, 0.2) is 18.5 Å². The van der Waals surface area contributed by atoms with E-state index < -0.39 is 0 Å². The largest absolute Gasteiger partial charge is 0.357 e. The fourth-order valence-corrected chi connectivity index (χ4v) is 2.72. The first-order valence-corrected chi connectivity index (χ1v) is 7.06. The smallest absolute Gasteiger partial charge is 0.257 e. The van der Waals surface area contributed by atoms with Crippen LogP contribution in [0.1, 0.15) is 27.7 Å². The highest BCUT2D eigenvalue weighted by molar-refractivity contribution is 5.42. The maximum atomic E-state index is 4.46. The summed E-state index contributed by atoms with van der Waals surface area (Å²) in [6.45, 7) is 9.00. The van der Waals surface area contributed by atoms with E-state index in [0.29, 0.717) is 23.9 Å². The molecule has 2 aromatic heterocycles. The van der Waals surface area contributed by atoms with Gasteiger partial charge in [-0.05, 0) is 16.9 Å². The zero-order valence-electron chi connectivity index (χ0n) is 13.0. The second kappa shape index (κ2) is 4.41. The molecule has 2 heterocycles. The summed E-state index contributed by atoms with van der Waals surface area (Å²) in [7, 11) is 1.79. The molecule has 21 heavy (non-hydrogen) atoms. The van der Waals surface area contributed by atoms with Crippen molar-refractivity contribution in [2.75, 3.05) is 17.7 Å². The molecule has 112 valence electrons. The van der Waals surface area contributed by atoms with E-state index in [1.54, 1.807) is 17.9 Å². The first-order valence-electron chi connectivity index (χ1n) is 7.06. The summed E-state index contributed by atoms with van der Waals surface area (Å²) in [6.07, 6.45) is 3.51. The molecule has 0 aliphatic heterocycles. The van der Waals surface area contributed by atoms with Crippen LogP contribution in [-0.4, -0.2) is 37.8 Å². The number of aromatic nitrogens is 5. The minimum atomic E-state index is 0.214. The Morgan fingerprint density at radius 1 is 1.05 bits per heavy atom. The number of anilines is 2. The van der Waals surface area contributed by atoms with Gasteiger partial charge < -0.3 is 10.6 Å². The summed E-state index contributed by atoms with van der Waals surface area (Å²) < 4.78 is 1.62. The Hall–Kier alpha value is -2.18. The van der Waals surface area contributed by atoms with E-state index in [-0.39, 0.29) is 10.8 Å². The Balaban J connectivity index is 1.91. The van der Waals surface area contributed by atoms with E-state index in [4.69, 9.17) is 0 Å². The van der Waals surface area contributed by atoms with Crippen molar-refractivity contribution in [1.29, 1.82) is 0 Å². The average molecular weight is 287 g/mol. The van der Waals surface area contributed by atoms with Gasteiger partial charge >= 0.3 is 0 Å². The molecular weight excluding hydrogens is 266 g/mol. The third-order valence-electron chi connectivity index (χ3n) is 4.85. The average Bonchev–Trinajstić information content (AvgIpc) is 2.88. The van der Waals surface area contributed by atoms with E-state index in [0.717, 1.165) is 0 Å². The van der Waals surface area contributed by atoms with Crippen molar-refractivity contribution in [3.05, 3.63) is 18.5 Å². The summed E-state index contributed by atoms with van der Waals surface area (Å²) in [5.74, 6) is 1.59. The molecule has 1 saturated carbocycles. The molecule has 0 saturated heterocycles. The number of nitrogens with one attached hydrogen (secondary N) is 2. The lowest BCUT2D eigenvalue weighted by molar-refractivity contribution is 0.457. The summed E-state index contributed by atoms with van der Waals surface area (Å²) in [6, 6.07) is 2.17. The number of hydrogen-bond donors (Lipinski definition) is 2. The summed E-state index contributed by atoms with van der Waals surface area (Å²) in [5, 5.41) is 10.6. The highest BCUT2D eigenvalue weighted by Gasteiger charge is 2.65. The number of hydrogen-bond acceptors (Lipinski definition) is 6. The molecule has 0 radical (unpaired) electrons. The van der Waals surface area contributed by atoms with Gasteiger partial charge in [0.25, 0.3) is 5.95 Å². The van der Waals surface area contributed by atoms with Gasteiger partial charge in [-0.1, -0.05) is 27.7 Å². The molecule has 0 atom stereocenters. The monoisotopic (exact) mass is 287 g/mol. The van der Waals surface area contributed by atoms with Crippen LogP contribution in [0.4, 0.5) is 11.9 Å². The minimum absolute atomic E-state index is 0.214. The zero-order chi connectivity index (χ0) is 15.3. The van der Waals surface area contributed by atoms with Crippen molar-refractivity contribution in [2.45, 2.75) is 33.7 Å². The van der Waals surface area contributed by atoms with E-state index >= 15 is 0 Å². The fraction of sp³-hybridized carbons (Fsp3) is 0.571. The highest BCUT2D eigenvalue weighted by Crippen LogP contribution is 2.63. The maximum absolute atomic E-state index is 4.46. The first-order chi connectivity index (χ1) is 9.86. The molecule has 0 aromatic carbocycles. The van der Waals surface area contributed by atoms with Crippen molar-refractivity contribution in [3.8, 4) is 5.95 Å². The molecule has 0 spiro atoms. The van der Waals surface area contributed by atoms with Crippen molar-refractivity contribution < 1.29 is 0 Å². The molecule has 1 fully saturated rings. The van der Waals surface area contributed by atoms with Crippen LogP contribution < -0.4 is 10.6 Å². The first kappa shape index (κ1) is 13.8. The lowest BCUT2D eigenvalue weighted by Gasteiger charge is -2.09. The topological polar surface area (TPSA) is 80.5 Å². The molecule has 2 aromatic rings. The second-order valence-electron chi connectivity index (χ2n) is 6.50. The molecule has 3 rings (SSSR count). The van der Waals surface area contributed by atoms with Gasteiger partial charge in [0.05, 0.1) is 0 Å². The zero-order valence-corrected chi connectivity index (χ0v) is 13.0. The van der Waals surface area contributed by atoms with Crippen LogP contribution in [0.3, 0.4) is 0 Å². The molecular formula is C14H21N7. The molecule has 0 bridgehead atoms. The number of rotatable bonds is 4. The van der Waals surface area contributed by atoms with Crippen molar-refractivity contribution >= 4 is 11.9 Å². The Labute approximate surface area is 124 Å². The Morgan fingerprint density at radius 2 is 1.71 bits per heavy atom. The van der Waals surface area contributed by atoms with Gasteiger partial charge in [-0.3, -0.25) is 0 Å². The van der Waals surface area contributed by atoms with Crippen molar-refractivity contribution in [2.24, 2.45) is 10.8 Å². The van der Waals surface area contributed by atoms with E-state index in [1.165, 1.54) is 0 Å². The Kier molecular flexibility index (Phi) is 2.89. The van der Waals surface area contributed by atoms with Crippen molar-refractivity contribution in [1.82, 2.24) is 24.7 Å². The molecule has 2 N–H and O–H groups in total. The molecule has 7 nitrogen and oxygen atoms in total. The van der Waals surface area contributed by atoms with Gasteiger partial charge in [-0.2, -0.15) is 20.1 Å². The van der Waals surface area contributed by atoms with Crippen LogP contribution in [0.25, 0.3) is 5.95 Å². The molecule has 0 unspecified atom stereocenters. The summed E-state index contributed by atoms with van der Waals surface area (Å²) >= 11 is 0. The van der Waals surface area contributed by atoms with Gasteiger partial charge in [0.2, 0.25) is 11.9 Å². The van der Waals surface area contributed by atoms with Gasteiger partial charge in [-0.15, -0.1) is 0 Å². The van der Waals surface area contributed by atoms with Crippen LogP contribution in [-0.2, 0) is 0 Å². The van der Waals surface area contributed by atoms with E-state index in [2.05, 4.69) is 58.4 Å². The molecule has 1 aliphatic carbocycles. The predicted molar refractivity (Wildman–Crippen MR) is 81.5 cm³/mol. The van der Waals surface area contributed by atoms with Crippen LogP contribution >= 0.6 is 0 Å². The van der Waals surface area contributed by atoms with Crippen molar-refractivity contribution in [3.63, 3.8) is 0 Å². The lowest BCUT2D eigenvalue weighted by atomic mass is 10.0. The van der Waals surface area contributed by atoms with Crippen LogP contribution in [0.5, 0.6) is 0 Å². The third kappa shape index (κ3) is 2.12. The van der Waals surface area contributed by atoms with Gasteiger partial charge in [0.15, 0.2) is 0 Å². The van der Waals surface area contributed by atoms with Crippen LogP contribution in [0.2, 0.25) is 0 Å². The van der Waals surface area contributed by atoms with E-state index in [9.17, 15) is 0 Å². The second-order valence-corrected chi connectivity index (χ2v) is 6.50. The van der Waals surface area contributed by atoms with Gasteiger partial charge in [0.1, 0.15) is 0 Å². The minimum Gasteiger partial charge on any atom is -0.357 e. The standard InChI is InChI=1S/C14H21N7/c1-13(2)9(14(13,3)4)17-11-18-10(15-5)19-12(20-11)21-8-6-7-16-21/h6-9H,1-5H3,(H2,15,17,18,19,20). The van der Waals surface area contributed by atoms with Gasteiger partial charge in [-0.25, -0.2) is 4.68 Å². The summed E-state index contributed by atoms with van der Waals surface area (Å²) in [5.41, 5.74) is 0.427. The molecule has 7 heteroatoms. The fourth-order valence-electron chi connectivity index (χ4n) is 2.72. The SMILES string of the molecule is CNc1nc(NC2C(C)(C)C2(C)C)nc(-n2cccn2)n1. The number of nitrogens with zero attached hydrogens (tertiary/aromatic N) is 5.